The summed E-state index contributed by atoms with van der Waals surface area (Å²) in [5.74, 6) is 0.418. The van der Waals surface area contributed by atoms with Gasteiger partial charge >= 0.3 is 0 Å². The van der Waals surface area contributed by atoms with Gasteiger partial charge in [0.05, 0.1) is 11.4 Å². The van der Waals surface area contributed by atoms with Gasteiger partial charge in [-0.15, -0.1) is 33.1 Å². The zero-order valence-electron chi connectivity index (χ0n) is 5.90. The number of halogens is 1. The Hall–Kier alpha value is -0.520. The molecule has 0 radical (unpaired) electrons. The summed E-state index contributed by atoms with van der Waals surface area (Å²) in [5, 5.41) is 11.5. The molecule has 0 aliphatic carbocycles. The van der Waals surface area contributed by atoms with Gasteiger partial charge in [0.25, 0.3) is 0 Å². The quantitative estimate of drug-likeness (QED) is 0.726. The third kappa shape index (κ3) is 1.48. The van der Waals surface area contributed by atoms with Gasteiger partial charge in [-0.05, 0) is 0 Å². The van der Waals surface area contributed by atoms with Gasteiger partial charge in [-0.1, -0.05) is 11.3 Å². The first-order chi connectivity index (χ1) is 5.90. The minimum absolute atomic E-state index is 0.418. The average Bonchev–Trinajstić information content (AvgIpc) is 2.75. The first-order valence-electron chi connectivity index (χ1n) is 3.17. The summed E-state index contributed by atoms with van der Waals surface area (Å²) in [5.41, 5.74) is 2.66. The van der Waals surface area contributed by atoms with Gasteiger partial charge in [0, 0.05) is 5.38 Å². The summed E-state index contributed by atoms with van der Waals surface area (Å²) in [6, 6.07) is 0. The standard InChI is InChI=1S/C6H4ClN3S2/c7-1-5-9-10-6(12-5)4-2-11-3-8-4/h2-3H,1H2. The molecule has 6 heteroatoms. The fourth-order valence-electron chi connectivity index (χ4n) is 0.729. The van der Waals surface area contributed by atoms with Crippen molar-refractivity contribution >= 4 is 34.3 Å². The number of aromatic nitrogens is 3. The van der Waals surface area contributed by atoms with Crippen molar-refractivity contribution in [3.05, 3.63) is 15.9 Å². The average molecular weight is 218 g/mol. The topological polar surface area (TPSA) is 38.7 Å². The highest BCUT2D eigenvalue weighted by Gasteiger charge is 2.06. The Morgan fingerprint density at radius 3 is 2.92 bits per heavy atom. The smallest absolute Gasteiger partial charge is 0.167 e. The van der Waals surface area contributed by atoms with Gasteiger partial charge in [-0.25, -0.2) is 4.98 Å². The number of rotatable bonds is 2. The van der Waals surface area contributed by atoms with Crippen LogP contribution in [0.15, 0.2) is 10.9 Å². The molecule has 3 nitrogen and oxygen atoms in total. The van der Waals surface area contributed by atoms with Gasteiger partial charge in [0.15, 0.2) is 5.01 Å². The lowest BCUT2D eigenvalue weighted by Gasteiger charge is -1.81. The Balaban J connectivity index is 2.35. The summed E-state index contributed by atoms with van der Waals surface area (Å²) in [6.45, 7) is 0. The fourth-order valence-corrected chi connectivity index (χ4v) is 2.21. The first kappa shape index (κ1) is 8.10. The lowest BCUT2D eigenvalue weighted by atomic mass is 10.5. The molecule has 0 atom stereocenters. The van der Waals surface area contributed by atoms with E-state index in [1.165, 1.54) is 11.3 Å². The molecule has 0 N–H and O–H groups in total. The Labute approximate surface area is 82.1 Å². The Kier molecular flexibility index (Phi) is 2.34. The van der Waals surface area contributed by atoms with Crippen LogP contribution in [-0.4, -0.2) is 15.2 Å². The van der Waals surface area contributed by atoms with Crippen molar-refractivity contribution in [2.45, 2.75) is 5.88 Å². The lowest BCUT2D eigenvalue weighted by molar-refractivity contribution is 1.04. The molecule has 0 fully saturated rings. The molecule has 0 spiro atoms. The molecule has 62 valence electrons. The molecule has 12 heavy (non-hydrogen) atoms. The summed E-state index contributed by atoms with van der Waals surface area (Å²) in [6.07, 6.45) is 0. The normalized spacial score (nSPS) is 10.4. The van der Waals surface area contributed by atoms with Crippen molar-refractivity contribution in [1.82, 2.24) is 15.2 Å². The van der Waals surface area contributed by atoms with Crippen LogP contribution in [0.2, 0.25) is 0 Å². The van der Waals surface area contributed by atoms with E-state index < -0.39 is 0 Å². The van der Waals surface area contributed by atoms with E-state index in [0.29, 0.717) is 5.88 Å². The lowest BCUT2D eigenvalue weighted by Crippen LogP contribution is -1.75. The Bertz CT molecular complexity index is 357. The maximum atomic E-state index is 5.59. The molecular weight excluding hydrogens is 214 g/mol. The molecule has 2 aromatic rings. The van der Waals surface area contributed by atoms with Crippen LogP contribution in [0.4, 0.5) is 0 Å². The van der Waals surface area contributed by atoms with Crippen molar-refractivity contribution in [2.24, 2.45) is 0 Å². The van der Waals surface area contributed by atoms with Crippen LogP contribution in [0.5, 0.6) is 0 Å². The summed E-state index contributed by atoms with van der Waals surface area (Å²) < 4.78 is 0. The van der Waals surface area contributed by atoms with Crippen LogP contribution in [0.25, 0.3) is 10.7 Å². The van der Waals surface area contributed by atoms with Gasteiger partial charge in [0.1, 0.15) is 10.7 Å². The highest BCUT2D eigenvalue weighted by molar-refractivity contribution is 7.15. The Morgan fingerprint density at radius 1 is 1.42 bits per heavy atom. The van der Waals surface area contributed by atoms with Crippen LogP contribution in [0.3, 0.4) is 0 Å². The summed E-state index contributed by atoms with van der Waals surface area (Å²) >= 11 is 8.62. The van der Waals surface area contributed by atoms with E-state index in [-0.39, 0.29) is 0 Å². The van der Waals surface area contributed by atoms with Crippen LogP contribution >= 0.6 is 34.3 Å². The molecule has 0 bridgehead atoms. The monoisotopic (exact) mass is 217 g/mol. The van der Waals surface area contributed by atoms with Gasteiger partial charge < -0.3 is 0 Å². The molecule has 0 saturated heterocycles. The third-order valence-corrected chi connectivity index (χ3v) is 3.18. The highest BCUT2D eigenvalue weighted by Crippen LogP contribution is 2.23. The maximum Gasteiger partial charge on any atom is 0.167 e. The van der Waals surface area contributed by atoms with Crippen LogP contribution in [0, 0.1) is 0 Å². The molecule has 2 heterocycles. The predicted octanol–water partition coefficient (Wildman–Crippen LogP) is 2.40. The van der Waals surface area contributed by atoms with E-state index >= 15 is 0 Å². The zero-order chi connectivity index (χ0) is 8.39. The van der Waals surface area contributed by atoms with Crippen LogP contribution in [0.1, 0.15) is 5.01 Å². The molecule has 0 amide bonds. The SMILES string of the molecule is ClCc1nnc(-c2cscn2)s1. The van der Waals surface area contributed by atoms with Gasteiger partial charge in [0.2, 0.25) is 0 Å². The van der Waals surface area contributed by atoms with E-state index in [9.17, 15) is 0 Å². The minimum Gasteiger partial charge on any atom is -0.242 e. The molecule has 0 aromatic carbocycles. The van der Waals surface area contributed by atoms with E-state index in [4.69, 9.17) is 11.6 Å². The highest BCUT2D eigenvalue weighted by atomic mass is 35.5. The minimum atomic E-state index is 0.418. The molecule has 0 saturated carbocycles. The second kappa shape index (κ2) is 3.47. The first-order valence-corrected chi connectivity index (χ1v) is 5.46. The molecule has 2 aromatic heterocycles. The largest absolute Gasteiger partial charge is 0.242 e. The summed E-state index contributed by atoms with van der Waals surface area (Å²) in [4.78, 5) is 4.12. The third-order valence-electron chi connectivity index (χ3n) is 1.23. The number of hydrogen-bond acceptors (Lipinski definition) is 5. The molecule has 2 rings (SSSR count). The number of thiazole rings is 1. The van der Waals surface area contributed by atoms with Crippen LogP contribution < -0.4 is 0 Å². The second-order valence-electron chi connectivity index (χ2n) is 2.01. The second-order valence-corrected chi connectivity index (χ2v) is 4.06. The van der Waals surface area contributed by atoms with Crippen LogP contribution in [-0.2, 0) is 5.88 Å². The van der Waals surface area contributed by atoms with Crippen molar-refractivity contribution in [1.29, 1.82) is 0 Å². The molecule has 0 aliphatic rings. The van der Waals surface area contributed by atoms with Crippen molar-refractivity contribution in [3.63, 3.8) is 0 Å². The Morgan fingerprint density at radius 2 is 2.33 bits per heavy atom. The van der Waals surface area contributed by atoms with Crippen molar-refractivity contribution in [2.75, 3.05) is 0 Å². The van der Waals surface area contributed by atoms with E-state index in [1.54, 1.807) is 16.8 Å². The summed E-state index contributed by atoms with van der Waals surface area (Å²) in [7, 11) is 0. The number of hydrogen-bond donors (Lipinski definition) is 0. The molecule has 0 unspecified atom stereocenters. The van der Waals surface area contributed by atoms with Crippen molar-refractivity contribution < 1.29 is 0 Å². The van der Waals surface area contributed by atoms with E-state index in [2.05, 4.69) is 15.2 Å². The van der Waals surface area contributed by atoms with E-state index in [0.717, 1.165) is 15.7 Å². The predicted molar refractivity (Wildman–Crippen MR) is 50.6 cm³/mol. The number of nitrogens with zero attached hydrogens (tertiary/aromatic N) is 3. The fraction of sp³-hybridized carbons (Fsp3) is 0.167. The number of alkyl halides is 1. The molecular formula is C6H4ClN3S2. The van der Waals surface area contributed by atoms with Gasteiger partial charge in [-0.2, -0.15) is 0 Å². The maximum absolute atomic E-state index is 5.59. The zero-order valence-corrected chi connectivity index (χ0v) is 8.29. The van der Waals surface area contributed by atoms with Crippen molar-refractivity contribution in [3.8, 4) is 10.7 Å². The van der Waals surface area contributed by atoms with E-state index in [1.807, 2.05) is 5.38 Å². The molecule has 0 aliphatic heterocycles. The van der Waals surface area contributed by atoms with Gasteiger partial charge in [-0.3, -0.25) is 0 Å².